The summed E-state index contributed by atoms with van der Waals surface area (Å²) in [5, 5.41) is 5.01. The average Bonchev–Trinajstić information content (AvgIpc) is 3.22. The molecule has 9 aromatic carbocycles. The third-order valence-corrected chi connectivity index (χ3v) is 9.85. The number of nitrogens with zero attached hydrogens (tertiary/aromatic N) is 1. The summed E-state index contributed by atoms with van der Waals surface area (Å²) in [7, 11) is 0. The van der Waals surface area contributed by atoms with E-state index < -0.39 is 0 Å². The first kappa shape index (κ1) is 30.4. The van der Waals surface area contributed by atoms with Crippen molar-refractivity contribution in [1.29, 1.82) is 0 Å². The van der Waals surface area contributed by atoms with E-state index in [1.807, 2.05) is 0 Å². The molecule has 0 spiro atoms. The van der Waals surface area contributed by atoms with Gasteiger partial charge in [-0.25, -0.2) is 0 Å². The van der Waals surface area contributed by atoms with E-state index in [0.717, 1.165) is 17.1 Å². The second-order valence-corrected chi connectivity index (χ2v) is 12.9. The van der Waals surface area contributed by atoms with E-state index in [9.17, 15) is 0 Å². The van der Waals surface area contributed by atoms with Crippen LogP contribution in [0.4, 0.5) is 17.1 Å². The number of benzene rings is 9. The second-order valence-electron chi connectivity index (χ2n) is 12.9. The average molecular weight is 650 g/mol. The van der Waals surface area contributed by atoms with E-state index in [2.05, 4.69) is 217 Å². The van der Waals surface area contributed by atoms with Gasteiger partial charge in [-0.15, -0.1) is 0 Å². The van der Waals surface area contributed by atoms with Gasteiger partial charge in [0.25, 0.3) is 0 Å². The molecule has 0 saturated carbocycles. The number of para-hydroxylation sites is 2. The van der Waals surface area contributed by atoms with Crippen LogP contribution >= 0.6 is 0 Å². The van der Waals surface area contributed by atoms with Crippen LogP contribution < -0.4 is 4.90 Å². The fourth-order valence-electron chi connectivity index (χ4n) is 7.52. The monoisotopic (exact) mass is 649 g/mol. The fourth-order valence-corrected chi connectivity index (χ4v) is 7.52. The van der Waals surface area contributed by atoms with Crippen molar-refractivity contribution in [2.75, 3.05) is 4.90 Å². The maximum atomic E-state index is 2.41. The summed E-state index contributed by atoms with van der Waals surface area (Å²) < 4.78 is 0. The molecule has 0 aliphatic heterocycles. The maximum Gasteiger partial charge on any atom is 0.0540 e. The molecule has 240 valence electrons. The highest BCUT2D eigenvalue weighted by Crippen LogP contribution is 2.47. The third-order valence-electron chi connectivity index (χ3n) is 9.85. The molecular weight excluding hydrogens is 615 g/mol. The van der Waals surface area contributed by atoms with Gasteiger partial charge in [-0.05, 0) is 96.9 Å². The molecular formula is C50H35N. The van der Waals surface area contributed by atoms with Crippen LogP contribution in [0, 0.1) is 0 Å². The Kier molecular flexibility index (Phi) is 7.92. The predicted molar refractivity (Wildman–Crippen MR) is 218 cm³/mol. The maximum absolute atomic E-state index is 2.41. The summed E-state index contributed by atoms with van der Waals surface area (Å²) >= 11 is 0. The Labute approximate surface area is 299 Å². The summed E-state index contributed by atoms with van der Waals surface area (Å²) in [6.45, 7) is 0. The highest BCUT2D eigenvalue weighted by molar-refractivity contribution is 6.22. The van der Waals surface area contributed by atoms with Crippen molar-refractivity contribution in [3.8, 4) is 44.5 Å². The molecule has 0 amide bonds. The lowest BCUT2D eigenvalue weighted by Crippen LogP contribution is -2.11. The standard InChI is InChI=1S/C50H35N/c1-5-17-36(18-6-1)37-29-32-42(33-30-37)51(41-23-11-4-12-24-41)48-28-16-15-25-43(48)40-31-34-45-44-26-13-14-27-46(44)49(38-19-7-2-8-20-38)50(47(45)35-40)39-21-9-3-10-22-39/h1-35H. The second kappa shape index (κ2) is 13.3. The lowest BCUT2D eigenvalue weighted by molar-refractivity contribution is 1.28. The van der Waals surface area contributed by atoms with E-state index in [1.165, 1.54) is 66.1 Å². The number of rotatable bonds is 7. The minimum Gasteiger partial charge on any atom is -0.310 e. The van der Waals surface area contributed by atoms with Crippen molar-refractivity contribution < 1.29 is 0 Å². The van der Waals surface area contributed by atoms with E-state index in [0.29, 0.717) is 0 Å². The number of hydrogen-bond donors (Lipinski definition) is 0. The molecule has 1 nitrogen and oxygen atoms in total. The minimum atomic E-state index is 1.11. The largest absolute Gasteiger partial charge is 0.310 e. The number of fused-ring (bicyclic) bond motifs is 3. The van der Waals surface area contributed by atoms with Crippen molar-refractivity contribution in [2.45, 2.75) is 0 Å². The quantitative estimate of drug-likeness (QED) is 0.155. The van der Waals surface area contributed by atoms with Crippen molar-refractivity contribution in [1.82, 2.24) is 0 Å². The first-order valence-electron chi connectivity index (χ1n) is 17.5. The fraction of sp³-hybridized carbons (Fsp3) is 0. The van der Waals surface area contributed by atoms with Gasteiger partial charge < -0.3 is 4.90 Å². The van der Waals surface area contributed by atoms with Crippen LogP contribution in [0.25, 0.3) is 66.1 Å². The number of anilines is 3. The molecule has 51 heavy (non-hydrogen) atoms. The lowest BCUT2D eigenvalue weighted by atomic mass is 9.84. The molecule has 0 bridgehead atoms. The molecule has 0 heterocycles. The smallest absolute Gasteiger partial charge is 0.0540 e. The van der Waals surface area contributed by atoms with Crippen molar-refractivity contribution >= 4 is 38.6 Å². The van der Waals surface area contributed by atoms with Gasteiger partial charge in [0.15, 0.2) is 0 Å². The van der Waals surface area contributed by atoms with Gasteiger partial charge in [0.1, 0.15) is 0 Å². The first-order chi connectivity index (χ1) is 25.3. The molecule has 0 unspecified atom stereocenters. The van der Waals surface area contributed by atoms with E-state index in [-0.39, 0.29) is 0 Å². The van der Waals surface area contributed by atoms with Crippen molar-refractivity contribution in [2.24, 2.45) is 0 Å². The Morgan fingerprint density at radius 1 is 0.255 bits per heavy atom. The van der Waals surface area contributed by atoms with Gasteiger partial charge in [0, 0.05) is 16.9 Å². The van der Waals surface area contributed by atoms with Crippen LogP contribution in [0.1, 0.15) is 0 Å². The van der Waals surface area contributed by atoms with Crippen LogP contribution in [0.15, 0.2) is 212 Å². The molecule has 0 aliphatic carbocycles. The molecule has 0 saturated heterocycles. The van der Waals surface area contributed by atoms with Gasteiger partial charge in [0.05, 0.1) is 5.69 Å². The van der Waals surface area contributed by atoms with Crippen LogP contribution in [0.5, 0.6) is 0 Å². The van der Waals surface area contributed by atoms with Gasteiger partial charge in [-0.1, -0.05) is 176 Å². The summed E-state index contributed by atoms with van der Waals surface area (Å²) in [5.41, 5.74) is 13.0. The molecule has 0 radical (unpaired) electrons. The van der Waals surface area contributed by atoms with Crippen LogP contribution in [0.3, 0.4) is 0 Å². The predicted octanol–water partition coefficient (Wildman–Crippen LogP) is 14.1. The van der Waals surface area contributed by atoms with Crippen molar-refractivity contribution in [3.05, 3.63) is 212 Å². The summed E-state index contributed by atoms with van der Waals surface area (Å²) in [5.74, 6) is 0. The molecule has 0 aromatic heterocycles. The van der Waals surface area contributed by atoms with Gasteiger partial charge in [-0.3, -0.25) is 0 Å². The Morgan fingerprint density at radius 2 is 0.686 bits per heavy atom. The van der Waals surface area contributed by atoms with E-state index in [4.69, 9.17) is 0 Å². The van der Waals surface area contributed by atoms with E-state index >= 15 is 0 Å². The molecule has 0 aliphatic rings. The van der Waals surface area contributed by atoms with Gasteiger partial charge in [0.2, 0.25) is 0 Å². The first-order valence-corrected chi connectivity index (χ1v) is 17.5. The Balaban J connectivity index is 1.28. The molecule has 0 fully saturated rings. The molecule has 1 heteroatoms. The van der Waals surface area contributed by atoms with Crippen LogP contribution in [-0.4, -0.2) is 0 Å². The van der Waals surface area contributed by atoms with Crippen molar-refractivity contribution in [3.63, 3.8) is 0 Å². The molecule has 0 atom stereocenters. The Bertz CT molecular complexity index is 2590. The Morgan fingerprint density at radius 3 is 1.33 bits per heavy atom. The van der Waals surface area contributed by atoms with Crippen LogP contribution in [-0.2, 0) is 0 Å². The molecule has 9 rings (SSSR count). The third kappa shape index (κ3) is 5.65. The molecule has 9 aromatic rings. The Hall–Kier alpha value is -6.70. The lowest BCUT2D eigenvalue weighted by Gasteiger charge is -2.28. The van der Waals surface area contributed by atoms with Gasteiger partial charge >= 0.3 is 0 Å². The normalized spacial score (nSPS) is 11.1. The summed E-state index contributed by atoms with van der Waals surface area (Å²) in [4.78, 5) is 2.38. The molecule has 0 N–H and O–H groups in total. The summed E-state index contributed by atoms with van der Waals surface area (Å²) in [6, 6.07) is 76.6. The summed E-state index contributed by atoms with van der Waals surface area (Å²) in [6.07, 6.45) is 0. The number of hydrogen-bond acceptors (Lipinski definition) is 1. The van der Waals surface area contributed by atoms with Gasteiger partial charge in [-0.2, -0.15) is 0 Å². The SMILES string of the molecule is c1ccc(-c2ccc(N(c3ccccc3)c3ccccc3-c3ccc4c(c3)c(-c3ccccc3)c(-c3ccccc3)c3ccccc34)cc2)cc1. The zero-order valence-electron chi connectivity index (χ0n) is 28.2. The highest BCUT2D eigenvalue weighted by atomic mass is 15.1. The zero-order chi connectivity index (χ0) is 34.0. The van der Waals surface area contributed by atoms with Crippen LogP contribution in [0.2, 0.25) is 0 Å². The zero-order valence-corrected chi connectivity index (χ0v) is 28.2. The van der Waals surface area contributed by atoms with E-state index in [1.54, 1.807) is 0 Å². The highest BCUT2D eigenvalue weighted by Gasteiger charge is 2.21. The topological polar surface area (TPSA) is 3.24 Å². The minimum absolute atomic E-state index is 1.11.